The average Bonchev–Trinajstić information content (AvgIpc) is 2.87. The predicted octanol–water partition coefficient (Wildman–Crippen LogP) is 1.95. The first-order chi connectivity index (χ1) is 10.2. The Morgan fingerprint density at radius 3 is 2.77 bits per heavy atom. The normalized spacial score (nSPS) is 20.5. The first kappa shape index (κ1) is 19.5. The molecule has 22 heavy (non-hydrogen) atoms. The Morgan fingerprint density at radius 1 is 1.41 bits per heavy atom. The molecule has 1 fully saturated rings. The van der Waals surface area contributed by atoms with Gasteiger partial charge in [0.05, 0.1) is 24.3 Å². The van der Waals surface area contributed by atoms with Crippen LogP contribution in [0.2, 0.25) is 0 Å². The standard InChI is InChI=1S/C15H23BrN2O3.ClH/c1-3-21-15-12(16)4-10(5-14(15)20-2)6-17-7-11-8-18-9-13(11)19;/h4-5,11,13,17-19H,3,6-9H2,1-2H3;1H. The maximum Gasteiger partial charge on any atom is 0.175 e. The fraction of sp³-hybridized carbons (Fsp3) is 0.600. The van der Waals surface area contributed by atoms with Gasteiger partial charge in [-0.05, 0) is 40.5 Å². The molecule has 0 saturated carbocycles. The predicted molar refractivity (Wildman–Crippen MR) is 93.2 cm³/mol. The van der Waals surface area contributed by atoms with Crippen LogP contribution in [-0.4, -0.2) is 44.6 Å². The van der Waals surface area contributed by atoms with Crippen LogP contribution in [0.1, 0.15) is 12.5 Å². The zero-order valence-corrected chi connectivity index (χ0v) is 15.3. The van der Waals surface area contributed by atoms with E-state index in [1.807, 2.05) is 19.1 Å². The highest BCUT2D eigenvalue weighted by atomic mass is 79.9. The molecule has 0 radical (unpaired) electrons. The van der Waals surface area contributed by atoms with Crippen LogP contribution in [0.5, 0.6) is 11.5 Å². The van der Waals surface area contributed by atoms with Crippen molar-refractivity contribution in [3.63, 3.8) is 0 Å². The average molecular weight is 396 g/mol. The minimum atomic E-state index is -0.251. The number of hydrogen-bond acceptors (Lipinski definition) is 5. The molecule has 0 aliphatic carbocycles. The van der Waals surface area contributed by atoms with E-state index in [0.29, 0.717) is 13.2 Å². The van der Waals surface area contributed by atoms with E-state index in [4.69, 9.17) is 9.47 Å². The topological polar surface area (TPSA) is 62.8 Å². The van der Waals surface area contributed by atoms with Crippen molar-refractivity contribution in [2.24, 2.45) is 5.92 Å². The molecule has 1 saturated heterocycles. The molecule has 1 aromatic carbocycles. The maximum atomic E-state index is 9.76. The summed E-state index contributed by atoms with van der Waals surface area (Å²) in [5.41, 5.74) is 1.11. The van der Waals surface area contributed by atoms with Gasteiger partial charge < -0.3 is 25.2 Å². The maximum absolute atomic E-state index is 9.76. The van der Waals surface area contributed by atoms with E-state index >= 15 is 0 Å². The number of ether oxygens (including phenoxy) is 2. The van der Waals surface area contributed by atoms with Crippen LogP contribution in [0.4, 0.5) is 0 Å². The fourth-order valence-corrected chi connectivity index (χ4v) is 3.09. The lowest BCUT2D eigenvalue weighted by molar-refractivity contribution is 0.146. The second kappa shape index (κ2) is 9.57. The van der Waals surface area contributed by atoms with Crippen LogP contribution < -0.4 is 20.1 Å². The number of aliphatic hydroxyl groups excluding tert-OH is 1. The van der Waals surface area contributed by atoms with Crippen LogP contribution in [-0.2, 0) is 6.54 Å². The Morgan fingerprint density at radius 2 is 2.18 bits per heavy atom. The minimum absolute atomic E-state index is 0. The van der Waals surface area contributed by atoms with E-state index in [0.717, 1.165) is 41.2 Å². The van der Waals surface area contributed by atoms with Crippen molar-refractivity contribution < 1.29 is 14.6 Å². The SMILES string of the molecule is CCOc1c(Br)cc(CNCC2CNCC2O)cc1OC.Cl. The Kier molecular flexibility index (Phi) is 8.49. The van der Waals surface area contributed by atoms with Gasteiger partial charge in [0.25, 0.3) is 0 Å². The largest absolute Gasteiger partial charge is 0.493 e. The van der Waals surface area contributed by atoms with Crippen LogP contribution >= 0.6 is 28.3 Å². The quantitative estimate of drug-likeness (QED) is 0.659. The molecule has 0 spiro atoms. The summed E-state index contributed by atoms with van der Waals surface area (Å²) in [6, 6.07) is 4.01. The molecule has 1 aromatic rings. The van der Waals surface area contributed by atoms with E-state index < -0.39 is 0 Å². The van der Waals surface area contributed by atoms with Gasteiger partial charge in [-0.25, -0.2) is 0 Å². The summed E-state index contributed by atoms with van der Waals surface area (Å²) in [6.07, 6.45) is -0.251. The summed E-state index contributed by atoms with van der Waals surface area (Å²) in [4.78, 5) is 0. The molecule has 1 heterocycles. The number of hydrogen-bond donors (Lipinski definition) is 3. The van der Waals surface area contributed by atoms with E-state index in [9.17, 15) is 5.11 Å². The molecular weight excluding hydrogens is 372 g/mol. The number of benzene rings is 1. The van der Waals surface area contributed by atoms with Crippen molar-refractivity contribution >= 4 is 28.3 Å². The van der Waals surface area contributed by atoms with E-state index in [1.54, 1.807) is 7.11 Å². The first-order valence-electron chi connectivity index (χ1n) is 7.24. The summed E-state index contributed by atoms with van der Waals surface area (Å²) in [7, 11) is 1.64. The summed E-state index contributed by atoms with van der Waals surface area (Å²) in [5, 5.41) is 16.3. The van der Waals surface area contributed by atoms with Gasteiger partial charge in [0.2, 0.25) is 0 Å². The Balaban J connectivity index is 0.00000242. The molecule has 1 aliphatic rings. The zero-order valence-electron chi connectivity index (χ0n) is 12.9. The van der Waals surface area contributed by atoms with Gasteiger partial charge in [-0.1, -0.05) is 0 Å². The van der Waals surface area contributed by atoms with E-state index in [1.165, 1.54) is 0 Å². The second-order valence-corrected chi connectivity index (χ2v) is 6.01. The van der Waals surface area contributed by atoms with Gasteiger partial charge in [0, 0.05) is 32.1 Å². The van der Waals surface area contributed by atoms with Crippen molar-refractivity contribution in [3.05, 3.63) is 22.2 Å². The lowest BCUT2D eigenvalue weighted by atomic mass is 10.1. The molecule has 7 heteroatoms. The Hall–Kier alpha value is -0.530. The number of aliphatic hydroxyl groups is 1. The molecule has 0 bridgehead atoms. The Bertz CT molecular complexity index is 476. The number of rotatable bonds is 7. The van der Waals surface area contributed by atoms with Crippen LogP contribution in [0.15, 0.2) is 16.6 Å². The smallest absolute Gasteiger partial charge is 0.175 e. The fourth-order valence-electron chi connectivity index (χ4n) is 2.49. The van der Waals surface area contributed by atoms with E-state index in [2.05, 4.69) is 26.6 Å². The number of halogens is 2. The molecule has 2 unspecified atom stereocenters. The molecule has 0 aromatic heterocycles. The summed E-state index contributed by atoms with van der Waals surface area (Å²) >= 11 is 3.52. The van der Waals surface area contributed by atoms with Gasteiger partial charge in [-0.3, -0.25) is 0 Å². The summed E-state index contributed by atoms with van der Waals surface area (Å²) < 4.78 is 11.9. The van der Waals surface area contributed by atoms with Gasteiger partial charge in [-0.15, -0.1) is 12.4 Å². The monoisotopic (exact) mass is 394 g/mol. The molecule has 1 aliphatic heterocycles. The van der Waals surface area contributed by atoms with Crippen molar-refractivity contribution in [2.45, 2.75) is 19.6 Å². The third kappa shape index (κ3) is 4.99. The molecule has 2 atom stereocenters. The molecule has 126 valence electrons. The Labute approximate surface area is 146 Å². The highest BCUT2D eigenvalue weighted by Crippen LogP contribution is 2.36. The number of methoxy groups -OCH3 is 1. The number of nitrogens with one attached hydrogen (secondary N) is 2. The van der Waals surface area contributed by atoms with Gasteiger partial charge >= 0.3 is 0 Å². The molecule has 0 amide bonds. The second-order valence-electron chi connectivity index (χ2n) is 5.16. The third-order valence-electron chi connectivity index (χ3n) is 3.62. The zero-order chi connectivity index (χ0) is 15.2. The first-order valence-corrected chi connectivity index (χ1v) is 8.03. The van der Waals surface area contributed by atoms with Crippen molar-refractivity contribution in [1.82, 2.24) is 10.6 Å². The van der Waals surface area contributed by atoms with Crippen molar-refractivity contribution in [2.75, 3.05) is 33.4 Å². The summed E-state index contributed by atoms with van der Waals surface area (Å²) in [5.74, 6) is 1.74. The van der Waals surface area contributed by atoms with Crippen molar-refractivity contribution in [1.29, 1.82) is 0 Å². The lowest BCUT2D eigenvalue weighted by Crippen LogP contribution is -2.30. The lowest BCUT2D eigenvalue weighted by Gasteiger charge is -2.16. The van der Waals surface area contributed by atoms with E-state index in [-0.39, 0.29) is 24.4 Å². The highest BCUT2D eigenvalue weighted by Gasteiger charge is 2.24. The van der Waals surface area contributed by atoms with Crippen LogP contribution in [0.3, 0.4) is 0 Å². The minimum Gasteiger partial charge on any atom is -0.493 e. The van der Waals surface area contributed by atoms with Crippen LogP contribution in [0.25, 0.3) is 0 Å². The highest BCUT2D eigenvalue weighted by molar-refractivity contribution is 9.10. The molecular formula is C15H24BrClN2O3. The molecule has 5 nitrogen and oxygen atoms in total. The van der Waals surface area contributed by atoms with Crippen LogP contribution in [0, 0.1) is 5.92 Å². The van der Waals surface area contributed by atoms with Gasteiger partial charge in [0.1, 0.15) is 0 Å². The summed E-state index contributed by atoms with van der Waals surface area (Å²) in [6.45, 7) is 5.62. The van der Waals surface area contributed by atoms with Gasteiger partial charge in [-0.2, -0.15) is 0 Å². The number of β-amino-alcohol motifs (C(OH)–C–C–N with tert-alkyl or cyclic N) is 1. The van der Waals surface area contributed by atoms with Crippen molar-refractivity contribution in [3.8, 4) is 11.5 Å². The van der Waals surface area contributed by atoms with Gasteiger partial charge in [0.15, 0.2) is 11.5 Å². The third-order valence-corrected chi connectivity index (χ3v) is 4.21. The molecule has 2 rings (SSSR count). The molecule has 3 N–H and O–H groups in total.